The van der Waals surface area contributed by atoms with Gasteiger partial charge < -0.3 is 19.2 Å². The number of hydrogen-bond acceptors (Lipinski definition) is 4. The molecule has 7 heteroatoms. The van der Waals surface area contributed by atoms with Crippen molar-refractivity contribution >= 4 is 17.2 Å². The fourth-order valence-electron chi connectivity index (χ4n) is 3.75. The van der Waals surface area contributed by atoms with Gasteiger partial charge in [0.05, 0.1) is 14.2 Å². The lowest BCUT2D eigenvalue weighted by Crippen LogP contribution is -2.33. The third-order valence-corrected chi connectivity index (χ3v) is 5.40. The number of nitrogens with zero attached hydrogens (tertiary/aromatic N) is 1. The SMILES string of the molecule is COc1ccc(CCNC(=O)C(=O)c2c(-c3ccc(F)cc3)cc3ccccn23)cc1OC. The maximum Gasteiger partial charge on any atom is 0.294 e. The predicted octanol–water partition coefficient (Wildman–Crippen LogP) is 4.30. The van der Waals surface area contributed by atoms with Gasteiger partial charge in [-0.2, -0.15) is 0 Å². The summed E-state index contributed by atoms with van der Waals surface area (Å²) in [6.45, 7) is 0.273. The van der Waals surface area contributed by atoms with Crippen LogP contribution in [0.25, 0.3) is 16.6 Å². The zero-order chi connectivity index (χ0) is 23.4. The molecule has 168 valence electrons. The van der Waals surface area contributed by atoms with E-state index in [1.54, 1.807) is 49.1 Å². The molecule has 4 aromatic rings. The van der Waals surface area contributed by atoms with Gasteiger partial charge >= 0.3 is 0 Å². The quantitative estimate of drug-likeness (QED) is 0.324. The molecule has 2 heterocycles. The summed E-state index contributed by atoms with van der Waals surface area (Å²) in [4.78, 5) is 25.9. The van der Waals surface area contributed by atoms with Gasteiger partial charge in [-0.3, -0.25) is 9.59 Å². The van der Waals surface area contributed by atoms with Crippen LogP contribution < -0.4 is 14.8 Å². The third-order valence-electron chi connectivity index (χ3n) is 5.40. The van der Waals surface area contributed by atoms with Crippen LogP contribution in [0.2, 0.25) is 0 Å². The molecule has 0 spiro atoms. The molecule has 1 N–H and O–H groups in total. The second-order valence-corrected chi connectivity index (χ2v) is 7.43. The monoisotopic (exact) mass is 446 g/mol. The van der Waals surface area contributed by atoms with Crippen LogP contribution in [-0.4, -0.2) is 36.9 Å². The van der Waals surface area contributed by atoms with Gasteiger partial charge in [0.25, 0.3) is 11.7 Å². The number of nitrogens with one attached hydrogen (secondary N) is 1. The van der Waals surface area contributed by atoms with Crippen LogP contribution in [0.5, 0.6) is 11.5 Å². The molecule has 0 aliphatic carbocycles. The summed E-state index contributed by atoms with van der Waals surface area (Å²) in [7, 11) is 3.12. The van der Waals surface area contributed by atoms with Crippen molar-refractivity contribution in [2.24, 2.45) is 0 Å². The average molecular weight is 446 g/mol. The largest absolute Gasteiger partial charge is 0.493 e. The molecular formula is C26H23FN2O4. The Labute approximate surface area is 190 Å². The van der Waals surface area contributed by atoms with Gasteiger partial charge in [0, 0.05) is 23.8 Å². The Bertz CT molecular complexity index is 1310. The summed E-state index contributed by atoms with van der Waals surface area (Å²) in [6.07, 6.45) is 2.24. The topological polar surface area (TPSA) is 69.0 Å². The Morgan fingerprint density at radius 1 is 0.939 bits per heavy atom. The maximum atomic E-state index is 13.4. The Balaban J connectivity index is 1.54. The fraction of sp³-hybridized carbons (Fsp3) is 0.154. The van der Waals surface area contributed by atoms with Gasteiger partial charge in [-0.1, -0.05) is 24.3 Å². The first-order chi connectivity index (χ1) is 16.0. The molecule has 2 aromatic heterocycles. The van der Waals surface area contributed by atoms with E-state index in [1.165, 1.54) is 12.1 Å². The van der Waals surface area contributed by atoms with Gasteiger partial charge in [0.1, 0.15) is 11.5 Å². The van der Waals surface area contributed by atoms with Gasteiger partial charge in [-0.25, -0.2) is 4.39 Å². The number of rotatable bonds is 8. The molecule has 0 aliphatic rings. The highest BCUT2D eigenvalue weighted by molar-refractivity contribution is 6.43. The molecule has 0 unspecified atom stereocenters. The molecule has 0 saturated heterocycles. The summed E-state index contributed by atoms with van der Waals surface area (Å²) in [5.74, 6) is -0.520. The van der Waals surface area contributed by atoms with Crippen molar-refractivity contribution in [2.75, 3.05) is 20.8 Å². The Morgan fingerprint density at radius 3 is 2.42 bits per heavy atom. The minimum atomic E-state index is -0.706. The highest BCUT2D eigenvalue weighted by atomic mass is 19.1. The van der Waals surface area contributed by atoms with Crippen molar-refractivity contribution in [3.63, 3.8) is 0 Å². The summed E-state index contributed by atoms with van der Waals surface area (Å²) in [6, 6.07) is 18.6. The highest BCUT2D eigenvalue weighted by Crippen LogP contribution is 2.29. The van der Waals surface area contributed by atoms with Gasteiger partial charge in [0.2, 0.25) is 0 Å². The number of carbonyl (C=O) groups is 2. The minimum Gasteiger partial charge on any atom is -0.493 e. The Morgan fingerprint density at radius 2 is 1.70 bits per heavy atom. The molecule has 6 nitrogen and oxygen atoms in total. The molecule has 0 fully saturated rings. The molecule has 4 rings (SSSR count). The number of amides is 1. The first-order valence-electron chi connectivity index (χ1n) is 10.4. The lowest BCUT2D eigenvalue weighted by Gasteiger charge is -2.10. The zero-order valence-corrected chi connectivity index (χ0v) is 18.3. The van der Waals surface area contributed by atoms with E-state index in [9.17, 15) is 14.0 Å². The molecule has 0 atom stereocenters. The first-order valence-corrected chi connectivity index (χ1v) is 10.4. The van der Waals surface area contributed by atoms with Crippen molar-refractivity contribution in [3.8, 4) is 22.6 Å². The van der Waals surface area contributed by atoms with Crippen LogP contribution in [0.3, 0.4) is 0 Å². The normalized spacial score (nSPS) is 10.8. The number of pyridine rings is 1. The summed E-state index contributed by atoms with van der Waals surface area (Å²) in [5.41, 5.74) is 3.16. The standard InChI is InChI=1S/C26H23FN2O4/c1-32-22-11-6-17(15-23(22)33-2)12-13-28-26(31)25(30)24-21(18-7-9-19(27)10-8-18)16-20-5-3-4-14-29(20)24/h3-11,14-16H,12-13H2,1-2H3,(H,28,31). The molecule has 2 aromatic carbocycles. The molecule has 1 amide bonds. The maximum absolute atomic E-state index is 13.4. The first kappa shape index (κ1) is 22.1. The van der Waals surface area contributed by atoms with Crippen molar-refractivity contribution in [1.29, 1.82) is 0 Å². The predicted molar refractivity (Wildman–Crippen MR) is 123 cm³/mol. The van der Waals surface area contributed by atoms with Crippen LogP contribution in [-0.2, 0) is 11.2 Å². The molecular weight excluding hydrogens is 423 g/mol. The van der Waals surface area contributed by atoms with Crippen LogP contribution in [0.1, 0.15) is 16.1 Å². The van der Waals surface area contributed by atoms with Crippen LogP contribution in [0, 0.1) is 5.82 Å². The number of hydrogen-bond donors (Lipinski definition) is 1. The number of carbonyl (C=O) groups excluding carboxylic acids is 2. The third kappa shape index (κ3) is 4.57. The number of Topliss-reactive ketones (excluding diaryl/α,β-unsaturated/α-hetero) is 1. The lowest BCUT2D eigenvalue weighted by atomic mass is 10.0. The minimum absolute atomic E-state index is 0.237. The van der Waals surface area contributed by atoms with E-state index in [-0.39, 0.29) is 18.1 Å². The fourth-order valence-corrected chi connectivity index (χ4v) is 3.75. The number of ether oxygens (including phenoxy) is 2. The van der Waals surface area contributed by atoms with Crippen LogP contribution >= 0.6 is 0 Å². The lowest BCUT2D eigenvalue weighted by molar-refractivity contribution is -0.117. The molecule has 0 bridgehead atoms. The molecule has 0 aliphatic heterocycles. The molecule has 33 heavy (non-hydrogen) atoms. The van der Waals surface area contributed by atoms with Crippen LogP contribution in [0.4, 0.5) is 4.39 Å². The van der Waals surface area contributed by atoms with Gasteiger partial charge in [-0.05, 0) is 60.0 Å². The van der Waals surface area contributed by atoms with E-state index in [1.807, 2.05) is 30.3 Å². The number of halogens is 1. The summed E-state index contributed by atoms with van der Waals surface area (Å²) >= 11 is 0. The van der Waals surface area contributed by atoms with E-state index >= 15 is 0 Å². The smallest absolute Gasteiger partial charge is 0.294 e. The van der Waals surface area contributed by atoms with Crippen molar-refractivity contribution < 1.29 is 23.5 Å². The van der Waals surface area contributed by atoms with E-state index in [2.05, 4.69) is 5.32 Å². The Kier molecular flexibility index (Phi) is 6.40. The van der Waals surface area contributed by atoms with Crippen molar-refractivity contribution in [1.82, 2.24) is 9.72 Å². The van der Waals surface area contributed by atoms with Crippen LogP contribution in [0.15, 0.2) is 72.9 Å². The van der Waals surface area contributed by atoms with E-state index < -0.39 is 11.7 Å². The van der Waals surface area contributed by atoms with E-state index in [4.69, 9.17) is 9.47 Å². The molecule has 0 radical (unpaired) electrons. The highest BCUT2D eigenvalue weighted by Gasteiger charge is 2.24. The van der Waals surface area contributed by atoms with Gasteiger partial charge in [-0.15, -0.1) is 0 Å². The van der Waals surface area contributed by atoms with E-state index in [0.29, 0.717) is 29.0 Å². The van der Waals surface area contributed by atoms with Crippen molar-refractivity contribution in [2.45, 2.75) is 6.42 Å². The zero-order valence-electron chi connectivity index (χ0n) is 18.3. The van der Waals surface area contributed by atoms with Crippen molar-refractivity contribution in [3.05, 3.63) is 90.0 Å². The second kappa shape index (κ2) is 9.56. The number of aromatic nitrogens is 1. The van der Waals surface area contributed by atoms with E-state index in [0.717, 1.165) is 11.1 Å². The number of benzene rings is 2. The number of ketones is 1. The second-order valence-electron chi connectivity index (χ2n) is 7.43. The number of fused-ring (bicyclic) bond motifs is 1. The van der Waals surface area contributed by atoms with Gasteiger partial charge in [0.15, 0.2) is 11.5 Å². The summed E-state index contributed by atoms with van der Waals surface area (Å²) in [5, 5.41) is 2.70. The molecule has 0 saturated carbocycles. The Hall–Kier alpha value is -4.13. The number of methoxy groups -OCH3 is 2. The summed E-state index contributed by atoms with van der Waals surface area (Å²) < 4.78 is 25.6. The average Bonchev–Trinajstić information content (AvgIpc) is 3.23.